The summed E-state index contributed by atoms with van der Waals surface area (Å²) < 4.78 is 29.1. The molecule has 1 rings (SSSR count). The van der Waals surface area contributed by atoms with Gasteiger partial charge in [0.25, 0.3) is 0 Å². The molecular formula is C21H36O7Si. The van der Waals surface area contributed by atoms with E-state index in [4.69, 9.17) is 22.8 Å². The van der Waals surface area contributed by atoms with E-state index >= 15 is 0 Å². The Bertz CT molecular complexity index is 581. The summed E-state index contributed by atoms with van der Waals surface area (Å²) in [5, 5.41) is 9.79. The second-order valence-corrected chi connectivity index (χ2v) is 10.2. The van der Waals surface area contributed by atoms with Crippen molar-refractivity contribution in [1.82, 2.24) is 0 Å². The summed E-state index contributed by atoms with van der Waals surface area (Å²) in [7, 11) is -2.77. The fourth-order valence-corrected chi connectivity index (χ4v) is 5.42. The maximum absolute atomic E-state index is 12.0. The minimum absolute atomic E-state index is 0.00878. The van der Waals surface area contributed by atoms with Gasteiger partial charge in [0.15, 0.2) is 5.78 Å². The van der Waals surface area contributed by atoms with E-state index in [9.17, 15) is 9.90 Å². The zero-order chi connectivity index (χ0) is 21.9. The van der Waals surface area contributed by atoms with Gasteiger partial charge in [0, 0.05) is 30.9 Å². The third kappa shape index (κ3) is 8.16. The number of benzene rings is 1. The van der Waals surface area contributed by atoms with E-state index in [1.54, 1.807) is 24.3 Å². The fraction of sp³-hybridized carbons (Fsp3) is 0.667. The molecule has 1 unspecified atom stereocenters. The summed E-state index contributed by atoms with van der Waals surface area (Å²) in [6, 6.07) is 6.70. The number of carbonyl (C=O) groups excluding carboxylic acids is 1. The van der Waals surface area contributed by atoms with E-state index in [0.29, 0.717) is 51.0 Å². The Balaban J connectivity index is 2.46. The molecule has 1 aromatic carbocycles. The van der Waals surface area contributed by atoms with E-state index in [2.05, 4.69) is 0 Å². The van der Waals surface area contributed by atoms with Crippen LogP contribution in [0.3, 0.4) is 0 Å². The number of aliphatic hydroxyl groups is 1. The molecule has 1 atom stereocenters. The monoisotopic (exact) mass is 428 g/mol. The van der Waals surface area contributed by atoms with Crippen molar-refractivity contribution in [3.8, 4) is 5.75 Å². The first-order valence-electron chi connectivity index (χ1n) is 10.2. The second-order valence-electron chi connectivity index (χ2n) is 7.14. The standard InChI is InChI=1S/C21H36O7Si/c1-7-26-29(27-8-2,28-9-3)17(4)16-24-14-15-25-19-12-10-18(11-13-19)20(22)21(5,6)23/h10-13,17,23H,7-9,14-16H2,1-6H3. The fourth-order valence-electron chi connectivity index (χ4n) is 2.79. The highest BCUT2D eigenvalue weighted by Gasteiger charge is 2.46. The topological polar surface area (TPSA) is 83.5 Å². The van der Waals surface area contributed by atoms with Gasteiger partial charge in [-0.25, -0.2) is 0 Å². The van der Waals surface area contributed by atoms with E-state index in [1.807, 2.05) is 27.7 Å². The van der Waals surface area contributed by atoms with Crippen molar-refractivity contribution in [2.24, 2.45) is 0 Å². The highest BCUT2D eigenvalue weighted by molar-refractivity contribution is 6.62. The van der Waals surface area contributed by atoms with Crippen molar-refractivity contribution in [2.45, 2.75) is 52.7 Å². The maximum atomic E-state index is 12.0. The Morgan fingerprint density at radius 2 is 1.52 bits per heavy atom. The molecule has 0 aromatic heterocycles. The van der Waals surface area contributed by atoms with Crippen molar-refractivity contribution >= 4 is 14.6 Å². The molecule has 0 aliphatic heterocycles. The number of hydrogen-bond acceptors (Lipinski definition) is 7. The van der Waals surface area contributed by atoms with E-state index in [1.165, 1.54) is 13.8 Å². The summed E-state index contributed by atoms with van der Waals surface area (Å²) >= 11 is 0. The van der Waals surface area contributed by atoms with Crippen LogP contribution in [0, 0.1) is 0 Å². The van der Waals surface area contributed by atoms with Gasteiger partial charge in [-0.1, -0.05) is 6.92 Å². The molecule has 0 aliphatic rings. The first-order chi connectivity index (χ1) is 13.7. The Kier molecular flexibility index (Phi) is 11.0. The van der Waals surface area contributed by atoms with Gasteiger partial charge < -0.3 is 27.9 Å². The van der Waals surface area contributed by atoms with Crippen LogP contribution in [0.15, 0.2) is 24.3 Å². The van der Waals surface area contributed by atoms with Crippen LogP contribution in [-0.2, 0) is 18.0 Å². The third-order valence-electron chi connectivity index (χ3n) is 4.18. The molecule has 0 heterocycles. The van der Waals surface area contributed by atoms with Gasteiger partial charge in [-0.15, -0.1) is 0 Å². The van der Waals surface area contributed by atoms with Gasteiger partial charge in [0.05, 0.1) is 13.2 Å². The molecule has 0 saturated carbocycles. The summed E-state index contributed by atoms with van der Waals surface area (Å²) in [5.74, 6) is 0.308. The lowest BCUT2D eigenvalue weighted by atomic mass is 9.97. The largest absolute Gasteiger partial charge is 0.506 e. The molecule has 0 aliphatic carbocycles. The SMILES string of the molecule is CCO[Si](OCC)(OCC)C(C)COCCOc1ccc(C(=O)C(C)(C)O)cc1. The van der Waals surface area contributed by atoms with Crippen molar-refractivity contribution in [3.63, 3.8) is 0 Å². The molecule has 7 nitrogen and oxygen atoms in total. The molecule has 0 saturated heterocycles. The lowest BCUT2D eigenvalue weighted by Crippen LogP contribution is -2.51. The van der Waals surface area contributed by atoms with Crippen molar-refractivity contribution < 1.29 is 32.7 Å². The average Bonchev–Trinajstić information content (AvgIpc) is 2.67. The molecule has 1 N–H and O–H groups in total. The van der Waals surface area contributed by atoms with E-state index in [0.717, 1.165) is 0 Å². The van der Waals surface area contributed by atoms with Gasteiger partial charge in [-0.3, -0.25) is 4.79 Å². The van der Waals surface area contributed by atoms with Crippen LogP contribution in [0.2, 0.25) is 5.54 Å². The average molecular weight is 429 g/mol. The molecule has 0 fully saturated rings. The molecule has 0 amide bonds. The quantitative estimate of drug-likeness (QED) is 0.260. The minimum Gasteiger partial charge on any atom is -0.491 e. The summed E-state index contributed by atoms with van der Waals surface area (Å²) in [4.78, 5) is 12.0. The Labute approximate surface area is 175 Å². The van der Waals surface area contributed by atoms with Gasteiger partial charge in [0.2, 0.25) is 0 Å². The predicted octanol–water partition coefficient (Wildman–Crippen LogP) is 3.47. The smallest absolute Gasteiger partial charge is 0.491 e. The number of Topliss-reactive ketones (excluding diaryl/α,β-unsaturated/α-hetero) is 1. The third-order valence-corrected chi connectivity index (χ3v) is 7.62. The maximum Gasteiger partial charge on any atom is 0.506 e. The molecule has 8 heteroatoms. The molecule has 0 spiro atoms. The summed E-state index contributed by atoms with van der Waals surface area (Å²) in [5.41, 5.74) is -0.941. The van der Waals surface area contributed by atoms with Crippen LogP contribution in [-0.4, -0.2) is 64.9 Å². The van der Waals surface area contributed by atoms with Crippen LogP contribution in [0.5, 0.6) is 5.75 Å². The van der Waals surface area contributed by atoms with Crippen molar-refractivity contribution in [3.05, 3.63) is 29.8 Å². The molecule has 1 aromatic rings. The van der Waals surface area contributed by atoms with Gasteiger partial charge in [0.1, 0.15) is 18.0 Å². The lowest BCUT2D eigenvalue weighted by molar-refractivity contribution is 0.0383. The number of ether oxygens (including phenoxy) is 2. The normalized spacial score (nSPS) is 13.3. The number of carbonyl (C=O) groups is 1. The predicted molar refractivity (Wildman–Crippen MR) is 113 cm³/mol. The Morgan fingerprint density at radius 1 is 1.00 bits per heavy atom. The highest BCUT2D eigenvalue weighted by atomic mass is 28.4. The molecule has 166 valence electrons. The number of hydrogen-bond donors (Lipinski definition) is 1. The van der Waals surface area contributed by atoms with E-state index < -0.39 is 14.4 Å². The summed E-state index contributed by atoms with van der Waals surface area (Å²) in [6.45, 7) is 13.6. The lowest BCUT2D eigenvalue weighted by Gasteiger charge is -2.33. The van der Waals surface area contributed by atoms with Crippen LogP contribution in [0.25, 0.3) is 0 Å². The van der Waals surface area contributed by atoms with Gasteiger partial charge in [-0.05, 0) is 58.9 Å². The molecule has 0 bridgehead atoms. The number of ketones is 1. The second kappa shape index (κ2) is 12.4. The first-order valence-corrected chi connectivity index (χ1v) is 12.0. The van der Waals surface area contributed by atoms with Crippen LogP contribution in [0.1, 0.15) is 51.9 Å². The van der Waals surface area contributed by atoms with E-state index in [-0.39, 0.29) is 11.3 Å². The molecular weight excluding hydrogens is 392 g/mol. The molecule has 29 heavy (non-hydrogen) atoms. The first kappa shape index (κ1) is 25.7. The molecule has 0 radical (unpaired) electrons. The summed E-state index contributed by atoms with van der Waals surface area (Å²) in [6.07, 6.45) is 0. The van der Waals surface area contributed by atoms with Gasteiger partial charge >= 0.3 is 8.80 Å². The van der Waals surface area contributed by atoms with Crippen LogP contribution < -0.4 is 4.74 Å². The van der Waals surface area contributed by atoms with Crippen LogP contribution >= 0.6 is 0 Å². The van der Waals surface area contributed by atoms with Crippen LogP contribution in [0.4, 0.5) is 0 Å². The Morgan fingerprint density at radius 3 is 1.97 bits per heavy atom. The highest BCUT2D eigenvalue weighted by Crippen LogP contribution is 2.26. The Hall–Kier alpha value is -1.29. The minimum atomic E-state index is -2.77. The zero-order valence-electron chi connectivity index (χ0n) is 18.5. The zero-order valence-corrected chi connectivity index (χ0v) is 19.5. The van der Waals surface area contributed by atoms with Crippen molar-refractivity contribution in [1.29, 1.82) is 0 Å². The van der Waals surface area contributed by atoms with Crippen molar-refractivity contribution in [2.75, 3.05) is 39.6 Å². The number of rotatable bonds is 15. The van der Waals surface area contributed by atoms with Gasteiger partial charge in [-0.2, -0.15) is 0 Å².